The lowest BCUT2D eigenvalue weighted by atomic mass is 10.2. The standard InChI is InChI=1S/C13H17N3O2S/c1-8(2)16(6-7-17)13(18)12-10(14)11-9(19-12)4-3-5-15-11/h3-5,8,17H,6-7,14H2,1-2H3. The number of aliphatic hydroxyl groups excluding tert-OH is 1. The van der Waals surface area contributed by atoms with Crippen molar-refractivity contribution in [3.05, 3.63) is 23.2 Å². The monoisotopic (exact) mass is 279 g/mol. The van der Waals surface area contributed by atoms with Crippen molar-refractivity contribution in [2.24, 2.45) is 0 Å². The Bertz CT molecular complexity index is 595. The first-order chi connectivity index (χ1) is 9.06. The quantitative estimate of drug-likeness (QED) is 0.893. The minimum Gasteiger partial charge on any atom is -0.396 e. The molecular weight excluding hydrogens is 262 g/mol. The van der Waals surface area contributed by atoms with Crippen LogP contribution in [0.3, 0.4) is 0 Å². The summed E-state index contributed by atoms with van der Waals surface area (Å²) in [7, 11) is 0. The van der Waals surface area contributed by atoms with E-state index in [-0.39, 0.29) is 18.6 Å². The predicted octanol–water partition coefficient (Wildman–Crippen LogP) is 1.72. The van der Waals surface area contributed by atoms with Crippen LogP contribution in [0.1, 0.15) is 23.5 Å². The molecule has 0 spiro atoms. The van der Waals surface area contributed by atoms with E-state index < -0.39 is 0 Å². The van der Waals surface area contributed by atoms with Gasteiger partial charge in [-0.25, -0.2) is 0 Å². The number of nitrogen functional groups attached to an aromatic ring is 1. The number of carbonyl (C=O) groups excluding carboxylic acids is 1. The summed E-state index contributed by atoms with van der Waals surface area (Å²) in [5, 5.41) is 9.06. The summed E-state index contributed by atoms with van der Waals surface area (Å²) in [6, 6.07) is 3.73. The van der Waals surface area contributed by atoms with E-state index in [0.717, 1.165) is 4.70 Å². The predicted molar refractivity (Wildman–Crippen MR) is 77.3 cm³/mol. The van der Waals surface area contributed by atoms with Gasteiger partial charge in [0.15, 0.2) is 0 Å². The molecule has 0 aliphatic carbocycles. The van der Waals surface area contributed by atoms with Crippen molar-refractivity contribution in [2.75, 3.05) is 18.9 Å². The Kier molecular flexibility index (Phi) is 4.01. The highest BCUT2D eigenvalue weighted by atomic mass is 32.1. The fourth-order valence-corrected chi connectivity index (χ4v) is 2.98. The van der Waals surface area contributed by atoms with Crippen LogP contribution >= 0.6 is 11.3 Å². The van der Waals surface area contributed by atoms with Gasteiger partial charge in [0.2, 0.25) is 0 Å². The van der Waals surface area contributed by atoms with Crippen LogP contribution in [0.25, 0.3) is 10.2 Å². The summed E-state index contributed by atoms with van der Waals surface area (Å²) < 4.78 is 0.899. The van der Waals surface area contributed by atoms with Gasteiger partial charge in [0.05, 0.1) is 17.0 Å². The number of carbonyl (C=O) groups is 1. The maximum absolute atomic E-state index is 12.5. The maximum atomic E-state index is 12.5. The molecule has 2 aromatic heterocycles. The normalized spacial score (nSPS) is 11.2. The molecule has 0 unspecified atom stereocenters. The Labute approximate surface area is 115 Å². The molecule has 2 aromatic rings. The van der Waals surface area contributed by atoms with E-state index in [0.29, 0.717) is 22.6 Å². The van der Waals surface area contributed by atoms with E-state index in [9.17, 15) is 4.79 Å². The van der Waals surface area contributed by atoms with Crippen LogP contribution < -0.4 is 5.73 Å². The van der Waals surface area contributed by atoms with Gasteiger partial charge >= 0.3 is 0 Å². The Morgan fingerprint density at radius 3 is 2.89 bits per heavy atom. The van der Waals surface area contributed by atoms with Gasteiger partial charge in [-0.3, -0.25) is 9.78 Å². The molecule has 6 heteroatoms. The lowest BCUT2D eigenvalue weighted by Crippen LogP contribution is -2.38. The molecule has 0 saturated heterocycles. The summed E-state index contributed by atoms with van der Waals surface area (Å²) >= 11 is 1.34. The Morgan fingerprint density at radius 2 is 2.32 bits per heavy atom. The highest BCUT2D eigenvalue weighted by Crippen LogP contribution is 2.32. The first-order valence-corrected chi connectivity index (χ1v) is 6.92. The number of aliphatic hydroxyl groups is 1. The Balaban J connectivity index is 2.43. The highest BCUT2D eigenvalue weighted by Gasteiger charge is 2.23. The zero-order valence-corrected chi connectivity index (χ0v) is 11.8. The number of hydrogen-bond acceptors (Lipinski definition) is 5. The topological polar surface area (TPSA) is 79.5 Å². The van der Waals surface area contributed by atoms with Crippen LogP contribution in [0, 0.1) is 0 Å². The highest BCUT2D eigenvalue weighted by molar-refractivity contribution is 7.21. The van der Waals surface area contributed by atoms with Gasteiger partial charge in [0, 0.05) is 18.8 Å². The number of fused-ring (bicyclic) bond motifs is 1. The van der Waals surface area contributed by atoms with Crippen LogP contribution in [-0.4, -0.2) is 40.1 Å². The number of amides is 1. The summed E-state index contributed by atoms with van der Waals surface area (Å²) in [4.78, 5) is 18.8. The second-order valence-electron chi connectivity index (χ2n) is 4.51. The first-order valence-electron chi connectivity index (χ1n) is 6.11. The van der Waals surface area contributed by atoms with Gasteiger partial charge in [-0.15, -0.1) is 11.3 Å². The third-order valence-corrected chi connectivity index (χ3v) is 4.05. The second kappa shape index (κ2) is 5.54. The number of rotatable bonds is 4. The third-order valence-electron chi connectivity index (χ3n) is 2.90. The second-order valence-corrected chi connectivity index (χ2v) is 5.56. The summed E-state index contributed by atoms with van der Waals surface area (Å²) in [6.07, 6.45) is 1.66. The summed E-state index contributed by atoms with van der Waals surface area (Å²) in [5.41, 5.74) is 7.11. The molecule has 5 nitrogen and oxygen atoms in total. The Morgan fingerprint density at radius 1 is 1.58 bits per heavy atom. The molecule has 1 amide bonds. The number of hydrogen-bond donors (Lipinski definition) is 2. The lowest BCUT2D eigenvalue weighted by Gasteiger charge is -2.25. The molecule has 0 atom stereocenters. The van der Waals surface area contributed by atoms with Crippen molar-refractivity contribution in [3.63, 3.8) is 0 Å². The molecule has 2 heterocycles. The average molecular weight is 279 g/mol. The Hall–Kier alpha value is -1.66. The number of aromatic nitrogens is 1. The van der Waals surface area contributed by atoms with Crippen molar-refractivity contribution in [2.45, 2.75) is 19.9 Å². The zero-order chi connectivity index (χ0) is 14.0. The van der Waals surface area contributed by atoms with Crippen molar-refractivity contribution in [3.8, 4) is 0 Å². The summed E-state index contributed by atoms with van der Waals surface area (Å²) in [5.74, 6) is -0.149. The van der Waals surface area contributed by atoms with E-state index in [1.165, 1.54) is 11.3 Å². The van der Waals surface area contributed by atoms with Crippen molar-refractivity contribution in [1.29, 1.82) is 0 Å². The number of nitrogens with zero attached hydrogens (tertiary/aromatic N) is 2. The molecule has 0 fully saturated rings. The van der Waals surface area contributed by atoms with Gasteiger partial charge in [0.25, 0.3) is 5.91 Å². The number of thiophene rings is 1. The maximum Gasteiger partial charge on any atom is 0.266 e. The molecule has 0 aliphatic heterocycles. The number of pyridine rings is 1. The molecule has 0 aliphatic rings. The SMILES string of the molecule is CC(C)N(CCO)C(=O)c1sc2cccnc2c1N. The van der Waals surface area contributed by atoms with Crippen molar-refractivity contribution in [1.82, 2.24) is 9.88 Å². The molecule has 0 aromatic carbocycles. The molecular formula is C13H17N3O2S. The minimum atomic E-state index is -0.149. The fourth-order valence-electron chi connectivity index (χ4n) is 1.94. The van der Waals surface area contributed by atoms with Crippen molar-refractivity contribution >= 4 is 33.1 Å². The molecule has 0 bridgehead atoms. The zero-order valence-electron chi connectivity index (χ0n) is 11.0. The van der Waals surface area contributed by atoms with Crippen LogP contribution in [0.5, 0.6) is 0 Å². The van der Waals surface area contributed by atoms with Gasteiger partial charge in [-0.05, 0) is 26.0 Å². The fraction of sp³-hybridized carbons (Fsp3) is 0.385. The van der Waals surface area contributed by atoms with E-state index in [2.05, 4.69) is 4.98 Å². The molecule has 19 heavy (non-hydrogen) atoms. The largest absolute Gasteiger partial charge is 0.396 e. The molecule has 3 N–H and O–H groups in total. The van der Waals surface area contributed by atoms with Crippen LogP contribution in [-0.2, 0) is 0 Å². The van der Waals surface area contributed by atoms with Crippen LogP contribution in [0.2, 0.25) is 0 Å². The smallest absolute Gasteiger partial charge is 0.266 e. The molecule has 2 rings (SSSR count). The number of anilines is 1. The lowest BCUT2D eigenvalue weighted by molar-refractivity contribution is 0.0671. The van der Waals surface area contributed by atoms with E-state index >= 15 is 0 Å². The molecule has 0 saturated carbocycles. The van der Waals surface area contributed by atoms with Gasteiger partial charge < -0.3 is 15.7 Å². The summed E-state index contributed by atoms with van der Waals surface area (Å²) in [6.45, 7) is 4.06. The molecule has 0 radical (unpaired) electrons. The van der Waals surface area contributed by atoms with Gasteiger partial charge in [-0.2, -0.15) is 0 Å². The van der Waals surface area contributed by atoms with E-state index in [4.69, 9.17) is 10.8 Å². The van der Waals surface area contributed by atoms with Crippen LogP contribution in [0.4, 0.5) is 5.69 Å². The van der Waals surface area contributed by atoms with E-state index in [1.807, 2.05) is 26.0 Å². The molecule has 102 valence electrons. The van der Waals surface area contributed by atoms with Crippen molar-refractivity contribution < 1.29 is 9.90 Å². The van der Waals surface area contributed by atoms with E-state index in [1.54, 1.807) is 11.1 Å². The first kappa shape index (κ1) is 13.8. The average Bonchev–Trinajstić information content (AvgIpc) is 2.73. The van der Waals surface area contributed by atoms with Gasteiger partial charge in [0.1, 0.15) is 10.4 Å². The number of nitrogens with two attached hydrogens (primary N) is 1. The van der Waals surface area contributed by atoms with Crippen LogP contribution in [0.15, 0.2) is 18.3 Å². The van der Waals surface area contributed by atoms with Gasteiger partial charge in [-0.1, -0.05) is 0 Å². The minimum absolute atomic E-state index is 0.0113. The third kappa shape index (κ3) is 2.54.